The van der Waals surface area contributed by atoms with Crippen LogP contribution in [0, 0.1) is 6.92 Å². The lowest BCUT2D eigenvalue weighted by Gasteiger charge is -2.21. The zero-order chi connectivity index (χ0) is 11.9. The molecule has 16 heavy (non-hydrogen) atoms. The fraction of sp³-hybridized carbons (Fsp3) is 0.636. The Morgan fingerprint density at radius 3 is 2.62 bits per heavy atom. The van der Waals surface area contributed by atoms with Crippen molar-refractivity contribution in [2.45, 2.75) is 31.3 Å². The SMILES string of the molecule is COC(C(=O)O)C1(c2cnn(C)c2C)CC1. The maximum Gasteiger partial charge on any atom is 0.333 e. The molecule has 1 heterocycles. The van der Waals surface area contributed by atoms with Crippen LogP contribution in [0.5, 0.6) is 0 Å². The predicted octanol–water partition coefficient (Wildman–Crippen LogP) is 0.860. The monoisotopic (exact) mass is 224 g/mol. The first-order valence-corrected chi connectivity index (χ1v) is 5.27. The van der Waals surface area contributed by atoms with E-state index < -0.39 is 12.1 Å². The largest absolute Gasteiger partial charge is 0.479 e. The molecule has 0 aromatic carbocycles. The Kier molecular flexibility index (Phi) is 2.50. The van der Waals surface area contributed by atoms with E-state index in [0.29, 0.717) is 0 Å². The van der Waals surface area contributed by atoms with Crippen LogP contribution >= 0.6 is 0 Å². The summed E-state index contributed by atoms with van der Waals surface area (Å²) in [7, 11) is 3.31. The van der Waals surface area contributed by atoms with Crippen molar-refractivity contribution >= 4 is 5.97 Å². The maximum absolute atomic E-state index is 11.2. The van der Waals surface area contributed by atoms with Crippen molar-refractivity contribution in [2.75, 3.05) is 7.11 Å². The minimum Gasteiger partial charge on any atom is -0.479 e. The lowest BCUT2D eigenvalue weighted by Crippen LogP contribution is -2.36. The van der Waals surface area contributed by atoms with Crippen molar-refractivity contribution in [1.82, 2.24) is 9.78 Å². The number of hydrogen-bond donors (Lipinski definition) is 1. The molecule has 5 heteroatoms. The van der Waals surface area contributed by atoms with E-state index in [9.17, 15) is 4.79 Å². The van der Waals surface area contributed by atoms with E-state index in [0.717, 1.165) is 24.1 Å². The van der Waals surface area contributed by atoms with Gasteiger partial charge in [-0.15, -0.1) is 0 Å². The van der Waals surface area contributed by atoms with Crippen LogP contribution in [0.4, 0.5) is 0 Å². The van der Waals surface area contributed by atoms with Crippen molar-refractivity contribution in [2.24, 2.45) is 7.05 Å². The zero-order valence-corrected chi connectivity index (χ0v) is 9.73. The Labute approximate surface area is 94.0 Å². The number of carboxylic acid groups (broad SMARTS) is 1. The average molecular weight is 224 g/mol. The Bertz CT molecular complexity index is 421. The highest BCUT2D eigenvalue weighted by atomic mass is 16.5. The van der Waals surface area contributed by atoms with Gasteiger partial charge in [-0.1, -0.05) is 0 Å². The van der Waals surface area contributed by atoms with Crippen molar-refractivity contribution in [3.05, 3.63) is 17.5 Å². The van der Waals surface area contributed by atoms with Gasteiger partial charge in [0.05, 0.1) is 6.20 Å². The molecule has 0 bridgehead atoms. The molecule has 1 atom stereocenters. The average Bonchev–Trinajstić information content (AvgIpc) is 2.92. The molecule has 88 valence electrons. The van der Waals surface area contributed by atoms with Crippen LogP contribution in [0.15, 0.2) is 6.20 Å². The Balaban J connectivity index is 2.39. The molecule has 0 amide bonds. The number of carbonyl (C=O) groups is 1. The van der Waals surface area contributed by atoms with E-state index in [1.54, 1.807) is 10.9 Å². The number of nitrogens with zero attached hydrogens (tertiary/aromatic N) is 2. The lowest BCUT2D eigenvalue weighted by atomic mass is 9.90. The van der Waals surface area contributed by atoms with Crippen LogP contribution in [0.3, 0.4) is 0 Å². The topological polar surface area (TPSA) is 64.3 Å². The smallest absolute Gasteiger partial charge is 0.333 e. The number of hydrogen-bond acceptors (Lipinski definition) is 3. The fourth-order valence-corrected chi connectivity index (χ4v) is 2.36. The number of rotatable bonds is 4. The van der Waals surface area contributed by atoms with Gasteiger partial charge in [0.25, 0.3) is 0 Å². The first kappa shape index (κ1) is 11.1. The van der Waals surface area contributed by atoms with Gasteiger partial charge >= 0.3 is 5.97 Å². The summed E-state index contributed by atoms with van der Waals surface area (Å²) in [4.78, 5) is 11.2. The van der Waals surface area contributed by atoms with Gasteiger partial charge in [-0.2, -0.15) is 5.10 Å². The van der Waals surface area contributed by atoms with E-state index in [1.165, 1.54) is 7.11 Å². The van der Waals surface area contributed by atoms with Crippen molar-refractivity contribution in [3.8, 4) is 0 Å². The standard InChI is InChI=1S/C11H16N2O3/c1-7-8(6-12-13(7)2)11(4-5-11)9(16-3)10(14)15/h6,9H,4-5H2,1-3H3,(H,14,15). The van der Waals surface area contributed by atoms with E-state index in [1.807, 2.05) is 14.0 Å². The summed E-state index contributed by atoms with van der Waals surface area (Å²) in [5.41, 5.74) is 1.66. The molecule has 1 aromatic heterocycles. The molecule has 0 radical (unpaired) electrons. The Morgan fingerprint density at radius 1 is 1.69 bits per heavy atom. The van der Waals surface area contributed by atoms with Crippen molar-refractivity contribution in [1.29, 1.82) is 0 Å². The molecule has 1 N–H and O–H groups in total. The molecule has 1 fully saturated rings. The Hall–Kier alpha value is -1.36. The van der Waals surface area contributed by atoms with Crippen LogP contribution < -0.4 is 0 Å². The van der Waals surface area contributed by atoms with Crippen molar-refractivity contribution < 1.29 is 14.6 Å². The van der Waals surface area contributed by atoms with E-state index in [-0.39, 0.29) is 5.41 Å². The third-order valence-corrected chi connectivity index (χ3v) is 3.52. The molecule has 1 aliphatic rings. The Morgan fingerprint density at radius 2 is 2.31 bits per heavy atom. The third-order valence-electron chi connectivity index (χ3n) is 3.52. The van der Waals surface area contributed by atoms with Gasteiger partial charge in [0.1, 0.15) is 0 Å². The van der Waals surface area contributed by atoms with Gasteiger partial charge in [-0.25, -0.2) is 4.79 Å². The highest BCUT2D eigenvalue weighted by molar-refractivity contribution is 5.76. The molecule has 0 spiro atoms. The molecular weight excluding hydrogens is 208 g/mol. The summed E-state index contributed by atoms with van der Waals surface area (Å²) in [6, 6.07) is 0. The first-order valence-electron chi connectivity index (χ1n) is 5.27. The van der Waals surface area contributed by atoms with Crippen LogP contribution in [0.2, 0.25) is 0 Å². The van der Waals surface area contributed by atoms with Gasteiger partial charge < -0.3 is 9.84 Å². The summed E-state index contributed by atoms with van der Waals surface area (Å²) >= 11 is 0. The quantitative estimate of drug-likeness (QED) is 0.823. The van der Waals surface area contributed by atoms with Crippen LogP contribution in [0.25, 0.3) is 0 Å². The number of aryl methyl sites for hydroxylation is 1. The summed E-state index contributed by atoms with van der Waals surface area (Å²) in [6.07, 6.45) is 2.70. The maximum atomic E-state index is 11.2. The molecule has 0 aliphatic heterocycles. The minimum absolute atomic E-state index is 0.362. The molecule has 1 saturated carbocycles. The number of carboxylic acids is 1. The van der Waals surface area contributed by atoms with Crippen molar-refractivity contribution in [3.63, 3.8) is 0 Å². The molecular formula is C11H16N2O3. The fourth-order valence-electron chi connectivity index (χ4n) is 2.36. The normalized spacial score (nSPS) is 19.4. The molecule has 1 aliphatic carbocycles. The number of aliphatic carboxylic acids is 1. The molecule has 1 unspecified atom stereocenters. The predicted molar refractivity (Wildman–Crippen MR) is 57.3 cm³/mol. The van der Waals surface area contributed by atoms with Crippen LogP contribution in [-0.4, -0.2) is 34.1 Å². The lowest BCUT2D eigenvalue weighted by molar-refractivity contribution is -0.150. The van der Waals surface area contributed by atoms with E-state index in [2.05, 4.69) is 5.10 Å². The number of aromatic nitrogens is 2. The highest BCUT2D eigenvalue weighted by Gasteiger charge is 2.56. The van der Waals surface area contributed by atoms with Gasteiger partial charge in [-0.05, 0) is 19.8 Å². The van der Waals surface area contributed by atoms with E-state index in [4.69, 9.17) is 9.84 Å². The summed E-state index contributed by atoms with van der Waals surface area (Å²) < 4.78 is 6.89. The zero-order valence-electron chi connectivity index (χ0n) is 9.73. The van der Waals surface area contributed by atoms with Gasteiger partial charge in [0, 0.05) is 30.8 Å². The van der Waals surface area contributed by atoms with Crippen LogP contribution in [0.1, 0.15) is 24.1 Å². The molecule has 0 saturated heterocycles. The highest BCUT2D eigenvalue weighted by Crippen LogP contribution is 2.52. The van der Waals surface area contributed by atoms with Gasteiger partial charge in [0.15, 0.2) is 6.10 Å². The van der Waals surface area contributed by atoms with Gasteiger partial charge in [-0.3, -0.25) is 4.68 Å². The van der Waals surface area contributed by atoms with Gasteiger partial charge in [0.2, 0.25) is 0 Å². The molecule has 5 nitrogen and oxygen atoms in total. The molecule has 1 aromatic rings. The summed E-state index contributed by atoms with van der Waals surface area (Å²) in [5, 5.41) is 13.3. The summed E-state index contributed by atoms with van der Waals surface area (Å²) in [5.74, 6) is -0.900. The third kappa shape index (κ3) is 1.43. The van der Waals surface area contributed by atoms with E-state index >= 15 is 0 Å². The second kappa shape index (κ2) is 3.59. The number of methoxy groups -OCH3 is 1. The second-order valence-corrected chi connectivity index (χ2v) is 4.38. The number of ether oxygens (including phenoxy) is 1. The second-order valence-electron chi connectivity index (χ2n) is 4.38. The molecule has 2 rings (SSSR count). The minimum atomic E-state index is -0.900. The summed E-state index contributed by atoms with van der Waals surface area (Å²) in [6.45, 7) is 1.96. The van der Waals surface area contributed by atoms with Crippen LogP contribution in [-0.2, 0) is 22.0 Å². The first-order chi connectivity index (χ1) is 7.53.